The van der Waals surface area contributed by atoms with Crippen LogP contribution in [-0.4, -0.2) is 16.8 Å². The molecule has 2 amide bonds. The number of hydrogen-bond donors (Lipinski definition) is 2. The Morgan fingerprint density at radius 2 is 1.69 bits per heavy atom. The molecule has 0 spiro atoms. The van der Waals surface area contributed by atoms with E-state index in [-0.39, 0.29) is 11.8 Å². The Kier molecular flexibility index (Phi) is 5.29. The summed E-state index contributed by atoms with van der Waals surface area (Å²) >= 11 is 6.15. The molecule has 0 atom stereocenters. The van der Waals surface area contributed by atoms with Gasteiger partial charge in [-0.1, -0.05) is 23.7 Å². The van der Waals surface area contributed by atoms with Crippen molar-refractivity contribution in [1.29, 1.82) is 0 Å². The summed E-state index contributed by atoms with van der Waals surface area (Å²) in [5.74, 6) is -0.606. The molecule has 130 valence electrons. The third kappa shape index (κ3) is 4.26. The van der Waals surface area contributed by atoms with E-state index >= 15 is 0 Å². The maximum absolute atomic E-state index is 12.5. The molecule has 0 radical (unpaired) electrons. The van der Waals surface area contributed by atoms with Crippen molar-refractivity contribution < 1.29 is 9.59 Å². The Labute approximate surface area is 156 Å². The highest BCUT2D eigenvalue weighted by Crippen LogP contribution is 2.23. The number of carbonyl (C=O) groups is 2. The van der Waals surface area contributed by atoms with Crippen molar-refractivity contribution in [3.8, 4) is 0 Å². The zero-order valence-electron chi connectivity index (χ0n) is 14.0. The molecule has 3 rings (SSSR count). The van der Waals surface area contributed by atoms with E-state index in [1.165, 1.54) is 6.20 Å². The number of hydrogen-bond acceptors (Lipinski definition) is 3. The van der Waals surface area contributed by atoms with Crippen LogP contribution in [0, 0.1) is 6.92 Å². The molecule has 0 fully saturated rings. The van der Waals surface area contributed by atoms with Gasteiger partial charge in [0.15, 0.2) is 0 Å². The Balaban J connectivity index is 1.74. The number of carbonyl (C=O) groups excluding carboxylic acids is 2. The third-order valence-electron chi connectivity index (χ3n) is 3.68. The van der Waals surface area contributed by atoms with Crippen LogP contribution in [0.5, 0.6) is 0 Å². The van der Waals surface area contributed by atoms with Crippen LogP contribution in [0.2, 0.25) is 5.02 Å². The van der Waals surface area contributed by atoms with Crippen LogP contribution in [0.25, 0.3) is 0 Å². The number of pyridine rings is 1. The van der Waals surface area contributed by atoms with Crippen LogP contribution in [0.1, 0.15) is 26.3 Å². The molecule has 1 aromatic heterocycles. The van der Waals surface area contributed by atoms with E-state index in [9.17, 15) is 9.59 Å². The van der Waals surface area contributed by atoms with Gasteiger partial charge in [0.25, 0.3) is 11.8 Å². The number of anilines is 2. The van der Waals surface area contributed by atoms with E-state index in [2.05, 4.69) is 15.6 Å². The summed E-state index contributed by atoms with van der Waals surface area (Å²) in [6.07, 6.45) is 3.07. The van der Waals surface area contributed by atoms with E-state index in [0.717, 1.165) is 5.56 Å². The van der Waals surface area contributed by atoms with Crippen LogP contribution < -0.4 is 10.6 Å². The standard InChI is InChI=1S/C20H16ClN3O2/c1-13-7-8-18(17(21)10-13)24-19(25)14-4-2-6-16(11-14)23-20(26)15-5-3-9-22-12-15/h2-12H,1H3,(H,23,26)(H,24,25). The van der Waals surface area contributed by atoms with E-state index in [1.54, 1.807) is 54.7 Å². The molecule has 3 aromatic rings. The zero-order valence-corrected chi connectivity index (χ0v) is 14.7. The van der Waals surface area contributed by atoms with E-state index < -0.39 is 0 Å². The summed E-state index contributed by atoms with van der Waals surface area (Å²) in [5, 5.41) is 6.00. The minimum atomic E-state index is -0.312. The van der Waals surface area contributed by atoms with Gasteiger partial charge >= 0.3 is 0 Å². The van der Waals surface area contributed by atoms with Gasteiger partial charge in [-0.05, 0) is 55.0 Å². The van der Waals surface area contributed by atoms with Crippen molar-refractivity contribution >= 4 is 34.8 Å². The molecule has 6 heteroatoms. The van der Waals surface area contributed by atoms with Gasteiger partial charge in [0.1, 0.15) is 0 Å². The molecule has 0 saturated carbocycles. The molecular weight excluding hydrogens is 350 g/mol. The summed E-state index contributed by atoms with van der Waals surface area (Å²) in [6.45, 7) is 1.92. The maximum atomic E-state index is 12.5. The molecule has 2 aromatic carbocycles. The first-order valence-electron chi connectivity index (χ1n) is 7.92. The Morgan fingerprint density at radius 1 is 0.923 bits per heavy atom. The van der Waals surface area contributed by atoms with Crippen molar-refractivity contribution in [3.63, 3.8) is 0 Å². The fourth-order valence-corrected chi connectivity index (χ4v) is 2.64. The summed E-state index contributed by atoms with van der Waals surface area (Å²) in [7, 11) is 0. The van der Waals surface area contributed by atoms with Crippen molar-refractivity contribution in [3.05, 3.63) is 88.7 Å². The van der Waals surface area contributed by atoms with E-state index in [0.29, 0.717) is 27.5 Å². The fraction of sp³-hybridized carbons (Fsp3) is 0.0500. The van der Waals surface area contributed by atoms with Gasteiger partial charge in [-0.15, -0.1) is 0 Å². The molecule has 26 heavy (non-hydrogen) atoms. The number of amides is 2. The Hall–Kier alpha value is -3.18. The molecule has 0 saturated heterocycles. The number of benzene rings is 2. The quantitative estimate of drug-likeness (QED) is 0.712. The largest absolute Gasteiger partial charge is 0.322 e. The number of halogens is 1. The first-order chi connectivity index (χ1) is 12.5. The summed E-state index contributed by atoms with van der Waals surface area (Å²) in [6, 6.07) is 15.4. The van der Waals surface area contributed by atoms with E-state index in [4.69, 9.17) is 11.6 Å². The second-order valence-electron chi connectivity index (χ2n) is 5.71. The summed E-state index contributed by atoms with van der Waals surface area (Å²) in [4.78, 5) is 28.6. The number of nitrogens with zero attached hydrogens (tertiary/aromatic N) is 1. The Morgan fingerprint density at radius 3 is 2.42 bits per heavy atom. The first kappa shape index (κ1) is 17.6. The SMILES string of the molecule is Cc1ccc(NC(=O)c2cccc(NC(=O)c3cccnc3)c2)c(Cl)c1. The van der Waals surface area contributed by atoms with Crippen molar-refractivity contribution in [2.45, 2.75) is 6.92 Å². The summed E-state index contributed by atoms with van der Waals surface area (Å²) < 4.78 is 0. The van der Waals surface area contributed by atoms with Crippen molar-refractivity contribution in [1.82, 2.24) is 4.98 Å². The normalized spacial score (nSPS) is 10.2. The molecule has 1 heterocycles. The van der Waals surface area contributed by atoms with Gasteiger partial charge < -0.3 is 10.6 Å². The van der Waals surface area contributed by atoms with Gasteiger partial charge in [0.2, 0.25) is 0 Å². The second-order valence-corrected chi connectivity index (χ2v) is 6.12. The maximum Gasteiger partial charge on any atom is 0.257 e. The molecular formula is C20H16ClN3O2. The minimum Gasteiger partial charge on any atom is -0.322 e. The van der Waals surface area contributed by atoms with Gasteiger partial charge in [-0.2, -0.15) is 0 Å². The topological polar surface area (TPSA) is 71.1 Å². The van der Waals surface area contributed by atoms with Gasteiger partial charge in [0, 0.05) is 23.6 Å². The lowest BCUT2D eigenvalue weighted by Gasteiger charge is -2.10. The van der Waals surface area contributed by atoms with Crippen molar-refractivity contribution in [2.24, 2.45) is 0 Å². The van der Waals surface area contributed by atoms with Crippen LogP contribution in [0.15, 0.2) is 67.0 Å². The van der Waals surface area contributed by atoms with Crippen molar-refractivity contribution in [2.75, 3.05) is 10.6 Å². The average molecular weight is 366 g/mol. The van der Waals surface area contributed by atoms with Gasteiger partial charge in [0.05, 0.1) is 16.3 Å². The number of aryl methyl sites for hydroxylation is 1. The predicted octanol–water partition coefficient (Wildman–Crippen LogP) is 4.55. The fourth-order valence-electron chi connectivity index (χ4n) is 2.35. The second kappa shape index (κ2) is 7.80. The van der Waals surface area contributed by atoms with Gasteiger partial charge in [-0.3, -0.25) is 14.6 Å². The van der Waals surface area contributed by atoms with E-state index in [1.807, 2.05) is 13.0 Å². The van der Waals surface area contributed by atoms with Crippen LogP contribution >= 0.6 is 11.6 Å². The number of rotatable bonds is 4. The van der Waals surface area contributed by atoms with Crippen LogP contribution in [0.4, 0.5) is 11.4 Å². The van der Waals surface area contributed by atoms with Crippen LogP contribution in [-0.2, 0) is 0 Å². The lowest BCUT2D eigenvalue weighted by atomic mass is 10.1. The summed E-state index contributed by atoms with van der Waals surface area (Å²) in [5.41, 5.74) is 2.90. The van der Waals surface area contributed by atoms with Crippen LogP contribution in [0.3, 0.4) is 0 Å². The highest BCUT2D eigenvalue weighted by Gasteiger charge is 2.11. The number of aromatic nitrogens is 1. The average Bonchev–Trinajstić information content (AvgIpc) is 2.65. The molecule has 2 N–H and O–H groups in total. The monoisotopic (exact) mass is 365 g/mol. The molecule has 0 bridgehead atoms. The zero-order chi connectivity index (χ0) is 18.5. The molecule has 0 aliphatic carbocycles. The molecule has 0 aliphatic rings. The highest BCUT2D eigenvalue weighted by atomic mass is 35.5. The minimum absolute atomic E-state index is 0.294. The Bertz CT molecular complexity index is 958. The molecule has 0 aliphatic heterocycles. The predicted molar refractivity (Wildman–Crippen MR) is 103 cm³/mol. The lowest BCUT2D eigenvalue weighted by molar-refractivity contribution is 0.101. The third-order valence-corrected chi connectivity index (χ3v) is 3.99. The molecule has 0 unspecified atom stereocenters. The highest BCUT2D eigenvalue weighted by molar-refractivity contribution is 6.34. The van der Waals surface area contributed by atoms with Gasteiger partial charge in [-0.25, -0.2) is 0 Å². The molecule has 5 nitrogen and oxygen atoms in total. The first-order valence-corrected chi connectivity index (χ1v) is 8.30. The lowest BCUT2D eigenvalue weighted by Crippen LogP contribution is -2.15. The number of nitrogens with one attached hydrogen (secondary N) is 2. The smallest absolute Gasteiger partial charge is 0.257 e.